The zero-order chi connectivity index (χ0) is 13.0. The van der Waals surface area contributed by atoms with Crippen molar-refractivity contribution >= 4 is 17.3 Å². The van der Waals surface area contributed by atoms with Crippen LogP contribution in [0.25, 0.3) is 11.3 Å². The largest absolute Gasteiger partial charge is 0.465 e. The van der Waals surface area contributed by atoms with E-state index in [1.54, 1.807) is 18.3 Å². The van der Waals surface area contributed by atoms with Crippen LogP contribution in [-0.4, -0.2) is 18.6 Å². The van der Waals surface area contributed by atoms with Crippen molar-refractivity contribution in [1.82, 2.24) is 0 Å². The SMILES string of the molecule is CCOC(=O)C(N)Cc1ccc(-c2ccsc2)o1. The van der Waals surface area contributed by atoms with E-state index in [2.05, 4.69) is 0 Å². The Morgan fingerprint density at radius 3 is 3.00 bits per heavy atom. The number of hydrogen-bond acceptors (Lipinski definition) is 5. The molecular weight excluding hydrogens is 250 g/mol. The van der Waals surface area contributed by atoms with Crippen LogP contribution >= 0.6 is 11.3 Å². The van der Waals surface area contributed by atoms with Crippen molar-refractivity contribution in [3.8, 4) is 11.3 Å². The number of carbonyl (C=O) groups excluding carboxylic acids is 1. The first-order chi connectivity index (χ1) is 8.70. The van der Waals surface area contributed by atoms with E-state index >= 15 is 0 Å². The van der Waals surface area contributed by atoms with Gasteiger partial charge in [-0.2, -0.15) is 11.3 Å². The van der Waals surface area contributed by atoms with Crippen LogP contribution in [0.15, 0.2) is 33.4 Å². The van der Waals surface area contributed by atoms with E-state index in [-0.39, 0.29) is 0 Å². The predicted octanol–water partition coefficient (Wildman–Crippen LogP) is 2.44. The third kappa shape index (κ3) is 3.00. The highest BCUT2D eigenvalue weighted by Gasteiger charge is 2.17. The molecule has 0 amide bonds. The number of ether oxygens (including phenoxy) is 1. The van der Waals surface area contributed by atoms with Crippen LogP contribution in [0.4, 0.5) is 0 Å². The van der Waals surface area contributed by atoms with E-state index in [9.17, 15) is 4.79 Å². The van der Waals surface area contributed by atoms with Crippen LogP contribution in [0.2, 0.25) is 0 Å². The smallest absolute Gasteiger partial charge is 0.323 e. The molecule has 0 spiro atoms. The summed E-state index contributed by atoms with van der Waals surface area (Å²) in [6.07, 6.45) is 0.350. The maximum absolute atomic E-state index is 11.4. The molecule has 2 aromatic rings. The van der Waals surface area contributed by atoms with Gasteiger partial charge in [0.1, 0.15) is 17.6 Å². The highest BCUT2D eigenvalue weighted by atomic mass is 32.1. The zero-order valence-corrected chi connectivity index (χ0v) is 10.9. The molecule has 0 aliphatic carbocycles. The number of rotatable bonds is 5. The molecule has 18 heavy (non-hydrogen) atoms. The average molecular weight is 265 g/mol. The fourth-order valence-corrected chi connectivity index (χ4v) is 2.24. The fourth-order valence-electron chi connectivity index (χ4n) is 1.60. The summed E-state index contributed by atoms with van der Waals surface area (Å²) in [7, 11) is 0. The van der Waals surface area contributed by atoms with E-state index in [1.165, 1.54) is 0 Å². The zero-order valence-electron chi connectivity index (χ0n) is 10.1. The predicted molar refractivity (Wildman–Crippen MR) is 70.3 cm³/mol. The third-order valence-corrected chi connectivity index (χ3v) is 3.16. The van der Waals surface area contributed by atoms with Crippen LogP contribution in [0, 0.1) is 0 Å². The molecule has 2 N–H and O–H groups in total. The summed E-state index contributed by atoms with van der Waals surface area (Å²) < 4.78 is 10.5. The van der Waals surface area contributed by atoms with Gasteiger partial charge in [0, 0.05) is 17.4 Å². The molecule has 4 nitrogen and oxygen atoms in total. The van der Waals surface area contributed by atoms with Gasteiger partial charge in [0.2, 0.25) is 0 Å². The minimum atomic E-state index is -0.675. The topological polar surface area (TPSA) is 65.5 Å². The van der Waals surface area contributed by atoms with Gasteiger partial charge in [0.25, 0.3) is 0 Å². The Bertz CT molecular complexity index is 504. The fraction of sp³-hybridized carbons (Fsp3) is 0.308. The molecule has 0 aliphatic rings. The van der Waals surface area contributed by atoms with Gasteiger partial charge in [0.05, 0.1) is 6.61 Å². The van der Waals surface area contributed by atoms with E-state index in [0.29, 0.717) is 18.8 Å². The summed E-state index contributed by atoms with van der Waals surface area (Å²) >= 11 is 1.61. The van der Waals surface area contributed by atoms with E-state index in [0.717, 1.165) is 11.3 Å². The maximum Gasteiger partial charge on any atom is 0.323 e. The van der Waals surface area contributed by atoms with Gasteiger partial charge in [-0.25, -0.2) is 0 Å². The first-order valence-electron chi connectivity index (χ1n) is 5.74. The molecule has 1 unspecified atom stereocenters. The molecule has 1 atom stereocenters. The summed E-state index contributed by atoms with van der Waals surface area (Å²) in [4.78, 5) is 11.4. The van der Waals surface area contributed by atoms with E-state index < -0.39 is 12.0 Å². The molecule has 2 rings (SSSR count). The minimum Gasteiger partial charge on any atom is -0.465 e. The number of nitrogens with two attached hydrogens (primary N) is 1. The number of carbonyl (C=O) groups is 1. The molecule has 2 heterocycles. The molecular formula is C13H15NO3S. The van der Waals surface area contributed by atoms with Gasteiger partial charge >= 0.3 is 5.97 Å². The Morgan fingerprint density at radius 2 is 2.33 bits per heavy atom. The third-order valence-electron chi connectivity index (χ3n) is 2.48. The molecule has 0 fully saturated rings. The normalized spacial score (nSPS) is 12.3. The van der Waals surface area contributed by atoms with Crippen molar-refractivity contribution in [1.29, 1.82) is 0 Å². The van der Waals surface area contributed by atoms with Crippen LogP contribution in [0.5, 0.6) is 0 Å². The Kier molecular flexibility index (Phi) is 4.17. The summed E-state index contributed by atoms with van der Waals surface area (Å²) in [6.45, 7) is 2.09. The minimum absolute atomic E-state index is 0.338. The molecule has 96 valence electrons. The monoisotopic (exact) mass is 265 g/mol. The van der Waals surface area contributed by atoms with Gasteiger partial charge < -0.3 is 14.9 Å². The van der Waals surface area contributed by atoms with Crippen molar-refractivity contribution in [2.45, 2.75) is 19.4 Å². The van der Waals surface area contributed by atoms with Crippen molar-refractivity contribution in [3.63, 3.8) is 0 Å². The van der Waals surface area contributed by atoms with Crippen LogP contribution in [0.3, 0.4) is 0 Å². The van der Waals surface area contributed by atoms with E-state index in [1.807, 2.05) is 29.0 Å². The molecule has 0 saturated heterocycles. The second-order valence-electron chi connectivity index (χ2n) is 3.84. The van der Waals surface area contributed by atoms with Crippen molar-refractivity contribution in [2.75, 3.05) is 6.61 Å². The van der Waals surface area contributed by atoms with Gasteiger partial charge in [-0.15, -0.1) is 0 Å². The number of esters is 1. The Hall–Kier alpha value is -1.59. The van der Waals surface area contributed by atoms with Gasteiger partial charge in [-0.1, -0.05) is 0 Å². The molecule has 0 aliphatic heterocycles. The van der Waals surface area contributed by atoms with Gasteiger partial charge in [0.15, 0.2) is 0 Å². The van der Waals surface area contributed by atoms with E-state index in [4.69, 9.17) is 14.9 Å². The molecule has 0 aromatic carbocycles. The maximum atomic E-state index is 11.4. The molecule has 2 aromatic heterocycles. The highest BCUT2D eigenvalue weighted by Crippen LogP contribution is 2.24. The lowest BCUT2D eigenvalue weighted by Crippen LogP contribution is -2.34. The second-order valence-corrected chi connectivity index (χ2v) is 4.62. The first-order valence-corrected chi connectivity index (χ1v) is 6.68. The average Bonchev–Trinajstić information content (AvgIpc) is 2.98. The van der Waals surface area contributed by atoms with Crippen molar-refractivity contribution < 1.29 is 13.9 Å². The molecule has 0 saturated carbocycles. The van der Waals surface area contributed by atoms with Gasteiger partial charge in [-0.3, -0.25) is 4.79 Å². The van der Waals surface area contributed by atoms with Crippen LogP contribution < -0.4 is 5.73 Å². The van der Waals surface area contributed by atoms with Crippen molar-refractivity contribution in [2.24, 2.45) is 5.73 Å². The highest BCUT2D eigenvalue weighted by molar-refractivity contribution is 7.08. The van der Waals surface area contributed by atoms with Gasteiger partial charge in [-0.05, 0) is 30.5 Å². The summed E-state index contributed by atoms with van der Waals surface area (Å²) in [5.74, 6) is 1.09. The van der Waals surface area contributed by atoms with Crippen LogP contribution in [0.1, 0.15) is 12.7 Å². The summed E-state index contributed by atoms with van der Waals surface area (Å²) in [6, 6.07) is 5.03. The quantitative estimate of drug-likeness (QED) is 0.843. The number of hydrogen-bond donors (Lipinski definition) is 1. The number of furan rings is 1. The standard InChI is InChI=1S/C13H15NO3S/c1-2-16-13(15)11(14)7-10-3-4-12(17-10)9-5-6-18-8-9/h3-6,8,11H,2,7,14H2,1H3. The Balaban J connectivity index is 2.01. The summed E-state index contributed by atoms with van der Waals surface area (Å²) in [5, 5.41) is 4.00. The lowest BCUT2D eigenvalue weighted by atomic mass is 10.2. The van der Waals surface area contributed by atoms with Crippen LogP contribution in [-0.2, 0) is 16.0 Å². The molecule has 0 radical (unpaired) electrons. The molecule has 5 heteroatoms. The van der Waals surface area contributed by atoms with Crippen molar-refractivity contribution in [3.05, 3.63) is 34.7 Å². The number of thiophene rings is 1. The lowest BCUT2D eigenvalue weighted by Gasteiger charge is -2.08. The second kappa shape index (κ2) is 5.84. The summed E-state index contributed by atoms with van der Waals surface area (Å²) in [5.41, 5.74) is 6.77. The Morgan fingerprint density at radius 1 is 1.50 bits per heavy atom. The lowest BCUT2D eigenvalue weighted by molar-refractivity contribution is -0.144. The molecule has 0 bridgehead atoms. The Labute approximate surface area is 109 Å². The first kappa shape index (κ1) is 12.9.